The number of hydrogen-bond acceptors (Lipinski definition) is 1. The molecule has 0 radical (unpaired) electrons. The Hall–Kier alpha value is -0.0400. The van der Waals surface area contributed by atoms with E-state index in [1.165, 1.54) is 77.3 Å². The summed E-state index contributed by atoms with van der Waals surface area (Å²) in [4.78, 5) is 0. The molecule has 0 aromatic carbocycles. The molecular weight excluding hydrogens is 254 g/mol. The van der Waals surface area contributed by atoms with Crippen LogP contribution >= 0.6 is 0 Å². The average molecular weight is 296 g/mol. The maximum absolute atomic E-state index is 3.74. The number of nitrogens with one attached hydrogen (secondary N) is 1. The minimum absolute atomic E-state index is 0.505. The molecule has 1 nitrogen and oxygen atoms in total. The molecule has 0 amide bonds. The van der Waals surface area contributed by atoms with Gasteiger partial charge in [0, 0.05) is 6.54 Å². The summed E-state index contributed by atoms with van der Waals surface area (Å²) in [5, 5.41) is 3.74. The topological polar surface area (TPSA) is 12.0 Å². The molecular formula is C20H41N. The van der Waals surface area contributed by atoms with Gasteiger partial charge in [-0.05, 0) is 61.8 Å². The maximum Gasteiger partial charge on any atom is 0.000781 e. The first-order valence-electron chi connectivity index (χ1n) is 9.64. The lowest BCUT2D eigenvalue weighted by Crippen LogP contribution is -2.40. The van der Waals surface area contributed by atoms with Crippen molar-refractivity contribution in [1.82, 2.24) is 5.32 Å². The third kappa shape index (κ3) is 6.72. The van der Waals surface area contributed by atoms with Crippen LogP contribution in [0, 0.1) is 16.7 Å². The summed E-state index contributed by atoms with van der Waals surface area (Å²) in [7, 11) is 0. The van der Waals surface area contributed by atoms with Crippen LogP contribution in [-0.2, 0) is 0 Å². The summed E-state index contributed by atoms with van der Waals surface area (Å²) >= 11 is 0. The Labute approximate surface area is 134 Å². The molecule has 0 spiro atoms. The van der Waals surface area contributed by atoms with E-state index in [0.717, 1.165) is 5.92 Å². The van der Waals surface area contributed by atoms with E-state index in [9.17, 15) is 0 Å². The van der Waals surface area contributed by atoms with Crippen LogP contribution in [0.5, 0.6) is 0 Å². The van der Waals surface area contributed by atoms with Crippen molar-refractivity contribution >= 4 is 0 Å². The van der Waals surface area contributed by atoms with Crippen LogP contribution < -0.4 is 5.32 Å². The molecule has 1 saturated carbocycles. The average Bonchev–Trinajstić information content (AvgIpc) is 2.44. The lowest BCUT2D eigenvalue weighted by atomic mass is 9.62. The maximum atomic E-state index is 3.74. The molecule has 0 aromatic heterocycles. The van der Waals surface area contributed by atoms with Gasteiger partial charge in [0.15, 0.2) is 0 Å². The van der Waals surface area contributed by atoms with Crippen LogP contribution in [0.3, 0.4) is 0 Å². The highest BCUT2D eigenvalue weighted by atomic mass is 14.9. The van der Waals surface area contributed by atoms with E-state index in [4.69, 9.17) is 0 Å². The quantitative estimate of drug-likeness (QED) is 0.501. The number of hydrogen-bond donors (Lipinski definition) is 1. The third-order valence-electron chi connectivity index (χ3n) is 5.76. The van der Waals surface area contributed by atoms with E-state index in [1.807, 2.05) is 0 Å². The predicted molar refractivity (Wildman–Crippen MR) is 95.8 cm³/mol. The Morgan fingerprint density at radius 2 is 1.62 bits per heavy atom. The van der Waals surface area contributed by atoms with Gasteiger partial charge in [0.25, 0.3) is 0 Å². The highest BCUT2D eigenvalue weighted by Gasteiger charge is 2.37. The van der Waals surface area contributed by atoms with Crippen LogP contribution in [0.15, 0.2) is 0 Å². The van der Waals surface area contributed by atoms with Crippen molar-refractivity contribution in [2.45, 2.75) is 98.8 Å². The number of rotatable bonds is 9. The van der Waals surface area contributed by atoms with Gasteiger partial charge < -0.3 is 5.32 Å². The summed E-state index contributed by atoms with van der Waals surface area (Å²) in [5.41, 5.74) is 1.12. The minimum atomic E-state index is 0.505. The zero-order chi connectivity index (χ0) is 15.8. The molecule has 1 heteroatoms. The normalized spacial score (nSPS) is 27.0. The van der Waals surface area contributed by atoms with E-state index >= 15 is 0 Å². The fourth-order valence-corrected chi connectivity index (χ4v) is 4.07. The number of unbranched alkanes of at least 4 members (excludes halogenated alkanes) is 3. The second kappa shape index (κ2) is 9.18. The highest BCUT2D eigenvalue weighted by Crippen LogP contribution is 2.47. The van der Waals surface area contributed by atoms with Crippen molar-refractivity contribution in [3.63, 3.8) is 0 Å². The minimum Gasteiger partial charge on any atom is -0.316 e. The van der Waals surface area contributed by atoms with Gasteiger partial charge >= 0.3 is 0 Å². The summed E-state index contributed by atoms with van der Waals surface area (Å²) in [5.74, 6) is 0.937. The van der Waals surface area contributed by atoms with Crippen molar-refractivity contribution in [2.75, 3.05) is 13.1 Å². The van der Waals surface area contributed by atoms with Gasteiger partial charge in [0.2, 0.25) is 0 Å². The van der Waals surface area contributed by atoms with Gasteiger partial charge in [-0.1, -0.05) is 60.3 Å². The molecule has 1 N–H and O–H groups in total. The Morgan fingerprint density at radius 3 is 2.14 bits per heavy atom. The molecule has 1 aliphatic carbocycles. The van der Waals surface area contributed by atoms with Gasteiger partial charge in [-0.15, -0.1) is 0 Å². The Morgan fingerprint density at radius 1 is 0.952 bits per heavy atom. The van der Waals surface area contributed by atoms with Gasteiger partial charge in [-0.3, -0.25) is 0 Å². The van der Waals surface area contributed by atoms with E-state index in [1.54, 1.807) is 0 Å². The second-order valence-electron chi connectivity index (χ2n) is 8.63. The molecule has 21 heavy (non-hydrogen) atoms. The van der Waals surface area contributed by atoms with E-state index in [-0.39, 0.29) is 0 Å². The zero-order valence-electron chi connectivity index (χ0n) is 15.6. The molecule has 0 saturated heterocycles. The molecule has 0 aromatic rings. The first-order chi connectivity index (χ1) is 9.93. The molecule has 0 atom stereocenters. The van der Waals surface area contributed by atoms with Crippen LogP contribution in [0.4, 0.5) is 0 Å². The lowest BCUT2D eigenvalue weighted by molar-refractivity contribution is 0.0776. The van der Waals surface area contributed by atoms with E-state index in [2.05, 4.69) is 39.9 Å². The molecule has 1 fully saturated rings. The Balaban J connectivity index is 2.50. The van der Waals surface area contributed by atoms with Gasteiger partial charge in [0.1, 0.15) is 0 Å². The molecule has 126 valence electrons. The molecule has 0 unspecified atom stereocenters. The van der Waals surface area contributed by atoms with Crippen LogP contribution in [0.1, 0.15) is 98.8 Å². The van der Waals surface area contributed by atoms with Gasteiger partial charge in [-0.25, -0.2) is 0 Å². The SMILES string of the molecule is CCCCCCC1(CNCCC)CCC(C(C)(C)C)CC1. The van der Waals surface area contributed by atoms with Crippen molar-refractivity contribution in [3.8, 4) is 0 Å². The summed E-state index contributed by atoms with van der Waals surface area (Å²) in [6.07, 6.45) is 14.2. The predicted octanol–water partition coefficient (Wildman–Crippen LogP) is 6.18. The lowest BCUT2D eigenvalue weighted by Gasteiger charge is -2.44. The van der Waals surface area contributed by atoms with Crippen LogP contribution in [0.2, 0.25) is 0 Å². The van der Waals surface area contributed by atoms with Crippen molar-refractivity contribution in [2.24, 2.45) is 16.7 Å². The fourth-order valence-electron chi connectivity index (χ4n) is 4.07. The van der Waals surface area contributed by atoms with Crippen LogP contribution in [0.25, 0.3) is 0 Å². The van der Waals surface area contributed by atoms with Gasteiger partial charge in [0.05, 0.1) is 0 Å². The second-order valence-corrected chi connectivity index (χ2v) is 8.63. The zero-order valence-corrected chi connectivity index (χ0v) is 15.6. The summed E-state index contributed by atoms with van der Waals surface area (Å²) in [6, 6.07) is 0. The van der Waals surface area contributed by atoms with Crippen molar-refractivity contribution < 1.29 is 0 Å². The molecule has 1 aliphatic rings. The summed E-state index contributed by atoms with van der Waals surface area (Å²) < 4.78 is 0. The first kappa shape index (κ1) is 19.0. The highest BCUT2D eigenvalue weighted by molar-refractivity contribution is 4.90. The van der Waals surface area contributed by atoms with E-state index in [0.29, 0.717) is 10.8 Å². The standard InChI is InChI=1S/C20H41N/c1-6-8-9-10-13-20(17-21-16-7-2)14-11-18(12-15-20)19(3,4)5/h18,21H,6-17H2,1-5H3. The third-order valence-corrected chi connectivity index (χ3v) is 5.76. The van der Waals surface area contributed by atoms with Crippen LogP contribution in [-0.4, -0.2) is 13.1 Å². The first-order valence-corrected chi connectivity index (χ1v) is 9.64. The molecule has 1 rings (SSSR count). The molecule has 0 heterocycles. The fraction of sp³-hybridized carbons (Fsp3) is 1.00. The molecule has 0 aliphatic heterocycles. The largest absolute Gasteiger partial charge is 0.316 e. The monoisotopic (exact) mass is 295 g/mol. The Bertz CT molecular complexity index is 256. The van der Waals surface area contributed by atoms with E-state index < -0.39 is 0 Å². The van der Waals surface area contributed by atoms with Crippen molar-refractivity contribution in [3.05, 3.63) is 0 Å². The van der Waals surface area contributed by atoms with Crippen molar-refractivity contribution in [1.29, 1.82) is 0 Å². The van der Waals surface area contributed by atoms with Gasteiger partial charge in [-0.2, -0.15) is 0 Å². The summed E-state index contributed by atoms with van der Waals surface area (Å²) in [6.45, 7) is 14.3. The Kier molecular flexibility index (Phi) is 8.31. The smallest absolute Gasteiger partial charge is 0.000781 e. The molecule has 0 bridgehead atoms.